The van der Waals surface area contributed by atoms with Crippen LogP contribution in [0.2, 0.25) is 0 Å². The molecule has 0 saturated carbocycles. The van der Waals surface area contributed by atoms with Crippen LogP contribution in [0, 0.1) is 5.82 Å². The number of fused-ring (bicyclic) bond motifs is 1. The molecular weight excluding hydrogens is 385 g/mol. The van der Waals surface area contributed by atoms with Gasteiger partial charge in [-0.25, -0.2) is 4.39 Å². The number of halogens is 1. The van der Waals surface area contributed by atoms with Crippen LogP contribution in [0.25, 0.3) is 28.1 Å². The van der Waals surface area contributed by atoms with Crippen LogP contribution in [0.1, 0.15) is 50.6 Å². The molecule has 158 valence electrons. The third-order valence-electron chi connectivity index (χ3n) is 4.52. The van der Waals surface area contributed by atoms with E-state index < -0.39 is 62.6 Å². The van der Waals surface area contributed by atoms with Gasteiger partial charge < -0.3 is 19.9 Å². The molecule has 1 aromatic heterocycles. The van der Waals surface area contributed by atoms with Crippen molar-refractivity contribution in [3.8, 4) is 11.1 Å². The first kappa shape index (κ1) is 12.7. The Kier molecular flexibility index (Phi) is 3.90. The molecular formula is C24H26FNO4. The molecule has 0 aliphatic heterocycles. The minimum absolute atomic E-state index is 0.0456. The highest BCUT2D eigenvalue weighted by atomic mass is 19.1. The first-order valence-corrected chi connectivity index (χ1v) is 9.06. The van der Waals surface area contributed by atoms with Gasteiger partial charge in [0, 0.05) is 42.8 Å². The van der Waals surface area contributed by atoms with Crippen LogP contribution in [0.4, 0.5) is 4.39 Å². The van der Waals surface area contributed by atoms with Gasteiger partial charge in [0.25, 0.3) is 0 Å². The van der Waals surface area contributed by atoms with E-state index >= 15 is 0 Å². The number of hydrogen-bond acceptors (Lipinski definition) is 3. The van der Waals surface area contributed by atoms with Crippen LogP contribution in [0.5, 0.6) is 0 Å². The predicted octanol–water partition coefficient (Wildman–Crippen LogP) is 4.63. The SMILES string of the molecule is [2H]c1cc([2H])c2c(c1)c(-c1ccc(F)cc1)c(/C=C/[C@@H](O)C[C@@H](O)CC(=O)O)n2C([2H])(C([2H])([2H])[2H])C([2H])([2H])[2H]. The largest absolute Gasteiger partial charge is 0.481 e. The van der Waals surface area contributed by atoms with Gasteiger partial charge in [-0.05, 0) is 43.5 Å². The highest BCUT2D eigenvalue weighted by molar-refractivity contribution is 6.01. The summed E-state index contributed by atoms with van der Waals surface area (Å²) in [7, 11) is 0. The van der Waals surface area contributed by atoms with E-state index in [0.717, 1.165) is 30.4 Å². The average molecular weight is 421 g/mol. The van der Waals surface area contributed by atoms with Crippen molar-refractivity contribution in [3.63, 3.8) is 0 Å². The molecule has 5 nitrogen and oxygen atoms in total. The van der Waals surface area contributed by atoms with Crippen molar-refractivity contribution in [2.45, 2.75) is 44.8 Å². The van der Waals surface area contributed by atoms with Gasteiger partial charge in [-0.15, -0.1) is 0 Å². The zero-order valence-electron chi connectivity index (χ0n) is 24.8. The third-order valence-corrected chi connectivity index (χ3v) is 4.52. The number of carboxylic acid groups (broad SMARTS) is 1. The van der Waals surface area contributed by atoms with E-state index in [1.807, 2.05) is 0 Å². The summed E-state index contributed by atoms with van der Waals surface area (Å²) in [5, 5.41) is 29.2. The standard InChI is InChI=1S/C24H26FNO4/c1-15(2)26-21-6-4-3-5-20(21)24(16-7-9-17(25)10-8-16)22(26)12-11-18(27)13-19(28)14-23(29)30/h3-12,15,18-19,27-28H,13-14H2,1-2H3,(H,29,30)/b12-11+/t18-,19-/m1/s1/i1D3,2D3,3D,6D,15D. The van der Waals surface area contributed by atoms with E-state index in [9.17, 15) is 19.4 Å². The highest BCUT2D eigenvalue weighted by Crippen LogP contribution is 2.38. The summed E-state index contributed by atoms with van der Waals surface area (Å²) < 4.78 is 88.1. The van der Waals surface area contributed by atoms with Crippen LogP contribution in [0.3, 0.4) is 0 Å². The van der Waals surface area contributed by atoms with Gasteiger partial charge in [0.2, 0.25) is 0 Å². The Morgan fingerprint density at radius 2 is 2.03 bits per heavy atom. The number of aliphatic hydroxyl groups excluding tert-OH is 2. The molecule has 0 spiro atoms. The predicted molar refractivity (Wildman–Crippen MR) is 116 cm³/mol. The van der Waals surface area contributed by atoms with Crippen LogP contribution in [-0.4, -0.2) is 38.1 Å². The van der Waals surface area contributed by atoms with Gasteiger partial charge in [-0.2, -0.15) is 0 Å². The normalized spacial score (nSPS) is 19.5. The number of benzene rings is 2. The van der Waals surface area contributed by atoms with Gasteiger partial charge in [0.05, 0.1) is 22.7 Å². The molecule has 0 amide bonds. The Morgan fingerprint density at radius 1 is 1.30 bits per heavy atom. The van der Waals surface area contributed by atoms with E-state index in [-0.39, 0.29) is 33.8 Å². The fourth-order valence-corrected chi connectivity index (χ4v) is 3.28. The van der Waals surface area contributed by atoms with E-state index in [1.165, 1.54) is 18.2 Å². The molecule has 30 heavy (non-hydrogen) atoms. The summed E-state index contributed by atoms with van der Waals surface area (Å²) in [6.07, 6.45) is -1.83. The Labute approximate surface area is 187 Å². The summed E-state index contributed by atoms with van der Waals surface area (Å²) in [6, 6.07) is 3.16. The molecule has 0 saturated heterocycles. The molecule has 3 N–H and O–H groups in total. The lowest BCUT2D eigenvalue weighted by Crippen LogP contribution is -2.19. The smallest absolute Gasteiger partial charge is 0.305 e. The van der Waals surface area contributed by atoms with Gasteiger partial charge in [-0.3, -0.25) is 4.79 Å². The number of carbonyl (C=O) groups is 1. The number of rotatable bonds is 8. The number of aromatic nitrogens is 1. The van der Waals surface area contributed by atoms with Crippen LogP contribution >= 0.6 is 0 Å². The van der Waals surface area contributed by atoms with Gasteiger partial charge >= 0.3 is 5.97 Å². The number of carboxylic acids is 1. The van der Waals surface area contributed by atoms with Crippen LogP contribution < -0.4 is 0 Å². The van der Waals surface area contributed by atoms with Crippen molar-refractivity contribution in [1.29, 1.82) is 0 Å². The molecule has 2 aromatic carbocycles. The van der Waals surface area contributed by atoms with Gasteiger partial charge in [0.15, 0.2) is 0 Å². The molecule has 0 bridgehead atoms. The molecule has 0 aliphatic carbocycles. The van der Waals surface area contributed by atoms with Crippen molar-refractivity contribution in [2.75, 3.05) is 0 Å². The molecule has 1 heterocycles. The summed E-state index contributed by atoms with van der Waals surface area (Å²) in [4.78, 5) is 10.8. The molecule has 0 fully saturated rings. The van der Waals surface area contributed by atoms with Gasteiger partial charge in [-0.1, -0.05) is 36.4 Å². The molecule has 0 aliphatic rings. The van der Waals surface area contributed by atoms with E-state index in [0.29, 0.717) is 4.57 Å². The summed E-state index contributed by atoms with van der Waals surface area (Å²) >= 11 is 0. The Balaban J connectivity index is 2.45. The second kappa shape index (κ2) is 9.24. The lowest BCUT2D eigenvalue weighted by atomic mass is 10.0. The minimum Gasteiger partial charge on any atom is -0.481 e. The van der Waals surface area contributed by atoms with E-state index in [2.05, 4.69) is 0 Å². The maximum absolute atomic E-state index is 13.8. The number of hydrogen-bond donors (Lipinski definition) is 3. The van der Waals surface area contributed by atoms with Crippen molar-refractivity contribution < 1.29 is 36.8 Å². The molecule has 3 aromatic rings. The summed E-state index contributed by atoms with van der Waals surface area (Å²) in [5.41, 5.74) is -0.215. The topological polar surface area (TPSA) is 82.7 Å². The monoisotopic (exact) mass is 420 g/mol. The summed E-state index contributed by atoms with van der Waals surface area (Å²) in [6.45, 7) is -6.95. The maximum atomic E-state index is 13.8. The lowest BCUT2D eigenvalue weighted by Gasteiger charge is -2.15. The molecule has 6 heteroatoms. The maximum Gasteiger partial charge on any atom is 0.305 e. The molecule has 0 radical (unpaired) electrons. The Bertz CT molecular complexity index is 1380. The average Bonchev–Trinajstić information content (AvgIpc) is 3.09. The van der Waals surface area contributed by atoms with Crippen LogP contribution in [-0.2, 0) is 4.79 Å². The Morgan fingerprint density at radius 3 is 2.70 bits per heavy atom. The first-order valence-electron chi connectivity index (χ1n) is 13.6. The third kappa shape index (κ3) is 4.78. The van der Waals surface area contributed by atoms with Crippen molar-refractivity contribution in [3.05, 3.63) is 66.1 Å². The van der Waals surface area contributed by atoms with Crippen LogP contribution in [0.15, 0.2) is 54.6 Å². The lowest BCUT2D eigenvalue weighted by molar-refractivity contribution is -0.139. The Hall–Kier alpha value is -2.96. The zero-order chi connectivity index (χ0) is 29.5. The quantitative estimate of drug-likeness (QED) is 0.496. The first-order chi connectivity index (χ1) is 17.9. The molecule has 3 rings (SSSR count). The molecule has 0 unspecified atom stereocenters. The second-order valence-electron chi connectivity index (χ2n) is 6.73. The highest BCUT2D eigenvalue weighted by Gasteiger charge is 2.19. The van der Waals surface area contributed by atoms with Crippen molar-refractivity contribution in [2.24, 2.45) is 0 Å². The zero-order valence-corrected chi connectivity index (χ0v) is 15.8. The second-order valence-corrected chi connectivity index (χ2v) is 6.73. The summed E-state index contributed by atoms with van der Waals surface area (Å²) in [5.74, 6) is -1.91. The van der Waals surface area contributed by atoms with Crippen molar-refractivity contribution >= 4 is 22.9 Å². The fourth-order valence-electron chi connectivity index (χ4n) is 3.28. The number of aliphatic carboxylic acids is 1. The van der Waals surface area contributed by atoms with Crippen molar-refractivity contribution in [1.82, 2.24) is 4.57 Å². The fraction of sp³-hybridized carbons (Fsp3) is 0.292. The molecule has 2 atom stereocenters. The van der Waals surface area contributed by atoms with Gasteiger partial charge in [0.1, 0.15) is 5.82 Å². The number of nitrogens with zero attached hydrogens (tertiary/aromatic N) is 1. The minimum atomic E-state index is -3.48. The van der Waals surface area contributed by atoms with E-state index in [1.54, 1.807) is 0 Å². The number of para-hydroxylation sites is 1. The van der Waals surface area contributed by atoms with E-state index in [4.69, 9.17) is 17.4 Å². The number of aliphatic hydroxyl groups is 2.